The molecule has 1 fully saturated rings. The lowest BCUT2D eigenvalue weighted by molar-refractivity contribution is 0.0404. The molecule has 0 amide bonds. The Morgan fingerprint density at radius 2 is 2.33 bits per heavy atom. The molecule has 1 heterocycles. The molecular weight excluding hydrogens is 136 g/mol. The normalized spacial score (nSPS) is 45.0. The molecule has 54 valence electrons. The van der Waals surface area contributed by atoms with Crippen molar-refractivity contribution in [2.75, 3.05) is 13.2 Å². The van der Waals surface area contributed by atoms with E-state index in [-0.39, 0.29) is 4.87 Å². The lowest BCUT2D eigenvalue weighted by Gasteiger charge is -2.33. The lowest BCUT2D eigenvalue weighted by atomic mass is 9.91. The zero-order valence-corrected chi connectivity index (χ0v) is 6.74. The molecule has 2 atom stereocenters. The van der Waals surface area contributed by atoms with Crippen LogP contribution in [-0.2, 0) is 4.74 Å². The van der Waals surface area contributed by atoms with E-state index in [1.54, 1.807) is 0 Å². The van der Waals surface area contributed by atoms with Crippen LogP contribution in [0, 0.1) is 5.92 Å². The van der Waals surface area contributed by atoms with Gasteiger partial charge in [-0.05, 0) is 19.3 Å². The Bertz CT molecular complexity index is 101. The van der Waals surface area contributed by atoms with E-state index < -0.39 is 0 Å². The van der Waals surface area contributed by atoms with Crippen molar-refractivity contribution in [2.24, 2.45) is 5.92 Å². The van der Waals surface area contributed by atoms with E-state index in [0.29, 0.717) is 5.92 Å². The van der Waals surface area contributed by atoms with Gasteiger partial charge in [-0.25, -0.2) is 0 Å². The van der Waals surface area contributed by atoms with Crippen LogP contribution in [0.1, 0.15) is 20.3 Å². The van der Waals surface area contributed by atoms with Crippen LogP contribution in [0.2, 0.25) is 0 Å². The Labute approximate surface area is 61.3 Å². The molecule has 1 rings (SSSR count). The number of halogens is 1. The van der Waals surface area contributed by atoms with Gasteiger partial charge in [-0.15, -0.1) is 11.6 Å². The van der Waals surface area contributed by atoms with Gasteiger partial charge < -0.3 is 4.74 Å². The van der Waals surface area contributed by atoms with Crippen LogP contribution in [-0.4, -0.2) is 18.1 Å². The van der Waals surface area contributed by atoms with Crippen LogP contribution >= 0.6 is 11.6 Å². The Kier molecular flexibility index (Phi) is 2.02. The van der Waals surface area contributed by atoms with Gasteiger partial charge in [-0.1, -0.05) is 6.92 Å². The van der Waals surface area contributed by atoms with Crippen LogP contribution in [0.5, 0.6) is 0 Å². The van der Waals surface area contributed by atoms with E-state index in [1.165, 1.54) is 0 Å². The third-order valence-corrected chi connectivity index (χ3v) is 2.69. The maximum absolute atomic E-state index is 6.14. The van der Waals surface area contributed by atoms with Crippen LogP contribution in [0.15, 0.2) is 0 Å². The Balaban J connectivity index is 2.49. The van der Waals surface area contributed by atoms with Crippen molar-refractivity contribution in [1.29, 1.82) is 0 Å². The maximum Gasteiger partial charge on any atom is 0.0508 e. The van der Waals surface area contributed by atoms with E-state index in [2.05, 4.69) is 13.8 Å². The number of hydrogen-bond acceptors (Lipinski definition) is 1. The first kappa shape index (κ1) is 7.36. The summed E-state index contributed by atoms with van der Waals surface area (Å²) in [6, 6.07) is 0. The second kappa shape index (κ2) is 2.47. The van der Waals surface area contributed by atoms with Gasteiger partial charge in [0.15, 0.2) is 0 Å². The smallest absolute Gasteiger partial charge is 0.0508 e. The standard InChI is InChI=1S/C7H13ClO/c1-6-5-9-4-3-7(6,2)8/h6H,3-5H2,1-2H3. The molecule has 1 nitrogen and oxygen atoms in total. The van der Waals surface area contributed by atoms with Crippen molar-refractivity contribution in [3.63, 3.8) is 0 Å². The predicted molar refractivity (Wildman–Crippen MR) is 38.9 cm³/mol. The van der Waals surface area contributed by atoms with Crippen LogP contribution in [0.25, 0.3) is 0 Å². The van der Waals surface area contributed by atoms with Gasteiger partial charge in [0.1, 0.15) is 0 Å². The molecule has 0 aromatic carbocycles. The Hall–Kier alpha value is 0.250. The summed E-state index contributed by atoms with van der Waals surface area (Å²) in [5.74, 6) is 0.493. The van der Waals surface area contributed by atoms with Gasteiger partial charge in [0.05, 0.1) is 6.61 Å². The highest BCUT2D eigenvalue weighted by molar-refractivity contribution is 6.23. The minimum atomic E-state index is -0.0156. The average Bonchev–Trinajstić information content (AvgIpc) is 1.77. The zero-order valence-electron chi connectivity index (χ0n) is 5.98. The number of alkyl halides is 1. The van der Waals surface area contributed by atoms with Gasteiger partial charge in [0.2, 0.25) is 0 Å². The third kappa shape index (κ3) is 1.59. The zero-order chi connectivity index (χ0) is 6.91. The maximum atomic E-state index is 6.14. The average molecular weight is 149 g/mol. The number of hydrogen-bond donors (Lipinski definition) is 0. The fourth-order valence-corrected chi connectivity index (χ4v) is 1.09. The minimum absolute atomic E-state index is 0.0156. The number of rotatable bonds is 0. The van der Waals surface area contributed by atoms with Gasteiger partial charge in [0, 0.05) is 11.5 Å². The highest BCUT2D eigenvalue weighted by atomic mass is 35.5. The number of ether oxygens (including phenoxy) is 1. The van der Waals surface area contributed by atoms with Gasteiger partial charge in [0.25, 0.3) is 0 Å². The van der Waals surface area contributed by atoms with Crippen molar-refractivity contribution in [3.8, 4) is 0 Å². The summed E-state index contributed by atoms with van der Waals surface area (Å²) < 4.78 is 5.23. The van der Waals surface area contributed by atoms with E-state index in [9.17, 15) is 0 Å². The molecule has 2 unspecified atom stereocenters. The van der Waals surface area contributed by atoms with Crippen molar-refractivity contribution >= 4 is 11.6 Å². The monoisotopic (exact) mass is 148 g/mol. The molecule has 0 spiro atoms. The molecule has 0 N–H and O–H groups in total. The van der Waals surface area contributed by atoms with E-state index in [4.69, 9.17) is 16.3 Å². The minimum Gasteiger partial charge on any atom is -0.381 e. The molecule has 9 heavy (non-hydrogen) atoms. The first-order valence-electron chi connectivity index (χ1n) is 3.39. The third-order valence-electron chi connectivity index (χ3n) is 2.13. The van der Waals surface area contributed by atoms with Gasteiger partial charge in [-0.2, -0.15) is 0 Å². The molecule has 1 aliphatic heterocycles. The molecule has 0 aromatic heterocycles. The van der Waals surface area contributed by atoms with Gasteiger partial charge >= 0.3 is 0 Å². The molecule has 1 aliphatic rings. The van der Waals surface area contributed by atoms with Crippen LogP contribution < -0.4 is 0 Å². The molecule has 1 saturated heterocycles. The highest BCUT2D eigenvalue weighted by Crippen LogP contribution is 2.31. The van der Waals surface area contributed by atoms with Crippen molar-refractivity contribution in [3.05, 3.63) is 0 Å². The molecule has 0 bridgehead atoms. The van der Waals surface area contributed by atoms with E-state index in [0.717, 1.165) is 19.6 Å². The highest BCUT2D eigenvalue weighted by Gasteiger charge is 2.31. The molecule has 0 aromatic rings. The summed E-state index contributed by atoms with van der Waals surface area (Å²) >= 11 is 6.14. The summed E-state index contributed by atoms with van der Waals surface area (Å²) in [5, 5.41) is 0. The van der Waals surface area contributed by atoms with Gasteiger partial charge in [-0.3, -0.25) is 0 Å². The summed E-state index contributed by atoms with van der Waals surface area (Å²) in [7, 11) is 0. The van der Waals surface area contributed by atoms with Crippen LogP contribution in [0.4, 0.5) is 0 Å². The van der Waals surface area contributed by atoms with Crippen molar-refractivity contribution in [1.82, 2.24) is 0 Å². The van der Waals surface area contributed by atoms with Crippen molar-refractivity contribution in [2.45, 2.75) is 25.1 Å². The summed E-state index contributed by atoms with van der Waals surface area (Å²) in [6.45, 7) is 5.86. The summed E-state index contributed by atoms with van der Waals surface area (Å²) in [5.41, 5.74) is 0. The Morgan fingerprint density at radius 3 is 2.67 bits per heavy atom. The quantitative estimate of drug-likeness (QED) is 0.478. The largest absolute Gasteiger partial charge is 0.381 e. The molecular formula is C7H13ClO. The lowest BCUT2D eigenvalue weighted by Crippen LogP contribution is -2.36. The SMILES string of the molecule is CC1COCCC1(C)Cl. The second-order valence-electron chi connectivity index (χ2n) is 3.00. The van der Waals surface area contributed by atoms with E-state index in [1.807, 2.05) is 0 Å². The topological polar surface area (TPSA) is 9.23 Å². The molecule has 0 radical (unpaired) electrons. The molecule has 2 heteroatoms. The van der Waals surface area contributed by atoms with Crippen LogP contribution in [0.3, 0.4) is 0 Å². The van der Waals surface area contributed by atoms with Crippen molar-refractivity contribution < 1.29 is 4.74 Å². The first-order valence-corrected chi connectivity index (χ1v) is 3.77. The molecule has 0 saturated carbocycles. The summed E-state index contributed by atoms with van der Waals surface area (Å²) in [4.78, 5) is -0.0156. The van der Waals surface area contributed by atoms with E-state index >= 15 is 0 Å². The fraction of sp³-hybridized carbons (Fsp3) is 1.00. The molecule has 0 aliphatic carbocycles. The summed E-state index contributed by atoms with van der Waals surface area (Å²) in [6.07, 6.45) is 0.982. The second-order valence-corrected chi connectivity index (χ2v) is 3.87. The Morgan fingerprint density at radius 1 is 1.67 bits per heavy atom. The predicted octanol–water partition coefficient (Wildman–Crippen LogP) is 2.04. The first-order chi connectivity index (χ1) is 4.13. The fourth-order valence-electron chi connectivity index (χ4n) is 0.952.